The largest absolute Gasteiger partial charge is 0.396 e. The molecular formula is C117H220N6O23. The molecule has 2 atom stereocenters. The molecule has 146 heavy (non-hydrogen) atoms. The van der Waals surface area contributed by atoms with Gasteiger partial charge in [-0.3, -0.25) is 67.1 Å². The summed E-state index contributed by atoms with van der Waals surface area (Å²) in [6.07, 6.45) is 30.3. The van der Waals surface area contributed by atoms with Crippen LogP contribution in [0.4, 0.5) is 0 Å². The quantitative estimate of drug-likeness (QED) is 0.0243. The van der Waals surface area contributed by atoms with Gasteiger partial charge < -0.3 is 74.2 Å². The maximum Gasteiger partial charge on any atom is 0.239 e. The molecule has 0 aromatic carbocycles. The van der Waals surface area contributed by atoms with Crippen LogP contribution in [-0.4, -0.2) is 278 Å². The van der Waals surface area contributed by atoms with E-state index in [0.29, 0.717) is 294 Å². The van der Waals surface area contributed by atoms with E-state index in [1.807, 2.05) is 118 Å². The fourth-order valence-corrected chi connectivity index (χ4v) is 15.9. The van der Waals surface area contributed by atoms with Gasteiger partial charge in [0.05, 0.1) is 70.9 Å². The fourth-order valence-electron chi connectivity index (χ4n) is 15.9. The van der Waals surface area contributed by atoms with Crippen LogP contribution in [0.25, 0.3) is 4.85 Å². The van der Waals surface area contributed by atoms with Crippen molar-refractivity contribution in [1.29, 1.82) is 0 Å². The molecule has 2 unspecified atom stereocenters. The maximum atomic E-state index is 11.7. The van der Waals surface area contributed by atoms with Crippen molar-refractivity contribution >= 4 is 81.6 Å². The highest BCUT2D eigenvalue weighted by Crippen LogP contribution is 2.30. The summed E-state index contributed by atoms with van der Waals surface area (Å²) >= 11 is 0. The Hall–Kier alpha value is -6.49. The molecular weight excluding hydrogens is 1860 g/mol. The van der Waals surface area contributed by atoms with Gasteiger partial charge in [-0.25, -0.2) is 6.57 Å². The number of ketones is 9. The standard InChI is InChI=1S/C13H24O.C12H21NO3.C12H22O.C10H19NO3.C10H20O2.C9H16N2O2.C9H16O2.2C9H18O2.C8H17NO2.C8H13NO.C8H16O2/c1-11(2)10-13(14)9-8-12-6-4-3-5-7-12;1-10(2)9-11(14)3-4-12(15)13-5-7-16-8-6-13;1-10(2)8-12(13)9-11-6-4-3-5-7-11;1-8(2)5-10(13)11-3-4-14-9(6-11)7-12;1-8(2)7-9(11)5-6-10(3,4)12;1-7(2)5-9(13)11-4-3-10-8(12)6-11;1-7(2)3-9(10)4-8-5-11-6-8;1-7(2)4-9(11)5-8(3)6-10;1-8(2)7-9(10)5-4-6-11-3;1-7(2)6-8(11)9(3)4-5-10;1-7(2)6-8(10)4-5-9-3;1-7(2)6-8(10)4-3-5-9/h11-12H,3-10H2,1-2H3;10H,3-9H2,1-2H3;10-11H,3-9H2,1-2H3;8-9,12H,3-7H2,1-2H3;8,12H,5-7H2,1-4H3;7H,3-6H2,1-2H3,(H,10,12);7-8H,3-6H2,1-2H3;7-8,10H,4-6H2,1-3H3;8H,4-7H2,1-3H3;7,10H,4-6H2,1-3H3;7H,4-6H2,1-2H3;7,9H,3-6H2,1-2H3. The van der Waals surface area contributed by atoms with E-state index in [9.17, 15) is 72.2 Å². The predicted molar refractivity (Wildman–Crippen MR) is 589 cm³/mol. The van der Waals surface area contributed by atoms with E-state index in [2.05, 4.69) is 65.6 Å². The number of rotatable bonds is 52. The first-order valence-corrected chi connectivity index (χ1v) is 56.0. The summed E-state index contributed by atoms with van der Waals surface area (Å²) < 4.78 is 20.3. The molecule has 6 N–H and O–H groups in total. The van der Waals surface area contributed by atoms with Crippen molar-refractivity contribution in [3.8, 4) is 0 Å². The van der Waals surface area contributed by atoms with Crippen molar-refractivity contribution in [2.75, 3.05) is 139 Å². The van der Waals surface area contributed by atoms with E-state index in [0.717, 1.165) is 76.4 Å². The number of methoxy groups -OCH3 is 1. The second kappa shape index (κ2) is 95.6. The van der Waals surface area contributed by atoms with E-state index in [4.69, 9.17) is 45.9 Å². The Balaban J connectivity index is -0.000000367. The fraction of sp³-hybridized carbons (Fsp3) is 0.872. The first kappa shape index (κ1) is 150. The molecule has 6 aliphatic rings. The molecule has 856 valence electrons. The zero-order chi connectivity index (χ0) is 113. The Bertz CT molecular complexity index is 3390. The smallest absolute Gasteiger partial charge is 0.239 e. The number of Topliss-reactive ketones (excluding diaryl/α,β-unsaturated/α-hetero) is 9. The Morgan fingerprint density at radius 3 is 1.21 bits per heavy atom. The molecule has 2 saturated carbocycles. The van der Waals surface area contributed by atoms with Gasteiger partial charge in [0.25, 0.3) is 0 Å². The van der Waals surface area contributed by atoms with Crippen LogP contribution in [-0.2, 0) is 86.1 Å². The van der Waals surface area contributed by atoms with Crippen LogP contribution >= 0.6 is 0 Å². The lowest BCUT2D eigenvalue weighted by atomic mass is 9.85. The lowest BCUT2D eigenvalue weighted by molar-refractivity contribution is -0.141. The molecule has 6 rings (SSSR count). The molecule has 2 aliphatic carbocycles. The molecule has 29 heteroatoms. The molecule has 5 amide bonds. The van der Waals surface area contributed by atoms with Gasteiger partial charge in [0, 0.05) is 221 Å². The zero-order valence-corrected chi connectivity index (χ0v) is 98.0. The Labute approximate surface area is 888 Å². The van der Waals surface area contributed by atoms with Crippen LogP contribution in [0.5, 0.6) is 0 Å². The van der Waals surface area contributed by atoms with Crippen molar-refractivity contribution in [2.24, 2.45) is 94.7 Å². The number of hydrogen-bond donors (Lipinski definition) is 6. The summed E-state index contributed by atoms with van der Waals surface area (Å²) in [6.45, 7) is 70.0. The minimum absolute atomic E-state index is 0.00847. The SMILES string of the molecule is CC(C)CC(=O)CC(C)CO.CC(C)CC(=O)CC1CCCCC1.CC(C)CC(=O)CC1COC1.CC(C)CC(=O)CCC(=O)N1CCOCC1.CC(C)CC(=O)CCC(C)(C)O.CC(C)CC(=O)CCC1CCCCC1.CC(C)CC(=O)CCCO.CC(C)CC(=O)N(C)CCO.CC(C)CC(=O)N1CCNC(=O)C1.CC(C)CC(=O)N1CCOC(CO)C1.COCCCC(=O)CC(C)C.[C-]#[N+]CCC(=O)CC(C)C. The van der Waals surface area contributed by atoms with Gasteiger partial charge >= 0.3 is 0 Å². The molecule has 0 aromatic heterocycles. The molecule has 4 heterocycles. The van der Waals surface area contributed by atoms with E-state index in [1.54, 1.807) is 47.6 Å². The number of hydrogen-bond acceptors (Lipinski definition) is 23. The second-order valence-corrected chi connectivity index (χ2v) is 46.5. The molecule has 4 saturated heterocycles. The molecule has 0 spiro atoms. The van der Waals surface area contributed by atoms with Crippen molar-refractivity contribution in [3.05, 3.63) is 11.4 Å². The highest BCUT2D eigenvalue weighted by Gasteiger charge is 2.28. The first-order valence-electron chi connectivity index (χ1n) is 56.0. The van der Waals surface area contributed by atoms with Crippen molar-refractivity contribution in [3.63, 3.8) is 0 Å². The summed E-state index contributed by atoms with van der Waals surface area (Å²) in [7, 11) is 3.37. The molecule has 0 aromatic rings. The van der Waals surface area contributed by atoms with Gasteiger partial charge in [-0.1, -0.05) is 237 Å². The van der Waals surface area contributed by atoms with Crippen LogP contribution in [0.2, 0.25) is 0 Å². The number of carbonyl (C=O) groups excluding carboxylic acids is 14. The van der Waals surface area contributed by atoms with E-state index < -0.39 is 5.60 Å². The average Bonchev–Trinajstić information content (AvgIpc) is 0.883. The maximum absolute atomic E-state index is 11.7. The molecule has 0 bridgehead atoms. The topological polar surface area (TPSA) is 406 Å². The Kier molecular flexibility index (Phi) is 98.3. The van der Waals surface area contributed by atoms with Gasteiger partial charge in [0.1, 0.15) is 52.0 Å². The van der Waals surface area contributed by atoms with Crippen LogP contribution in [0.3, 0.4) is 0 Å². The van der Waals surface area contributed by atoms with Crippen LogP contribution in [0.15, 0.2) is 0 Å². The van der Waals surface area contributed by atoms with E-state index in [-0.39, 0.29) is 103 Å². The first-order chi connectivity index (χ1) is 68.3. The number of morpholine rings is 2. The predicted octanol–water partition coefficient (Wildman–Crippen LogP) is 20.2. The molecule has 6 fully saturated rings. The Morgan fingerprint density at radius 1 is 0.425 bits per heavy atom. The third-order valence-electron chi connectivity index (χ3n) is 23.2. The van der Waals surface area contributed by atoms with Crippen molar-refractivity contribution in [1.82, 2.24) is 24.9 Å². The van der Waals surface area contributed by atoms with Gasteiger partial charge in [-0.15, -0.1) is 0 Å². The summed E-state index contributed by atoms with van der Waals surface area (Å²) in [5.41, 5.74) is -0.702. The van der Waals surface area contributed by atoms with Crippen LogP contribution < -0.4 is 5.32 Å². The van der Waals surface area contributed by atoms with Crippen LogP contribution in [0, 0.1) is 101 Å². The van der Waals surface area contributed by atoms with Gasteiger partial charge in [0.15, 0.2) is 0 Å². The second-order valence-electron chi connectivity index (χ2n) is 46.5. The third-order valence-corrected chi connectivity index (χ3v) is 23.2. The number of aliphatic hydroxyl groups is 5. The normalized spacial score (nSPS) is 15.4. The monoisotopic (exact) mass is 2080 g/mol. The number of amides is 5. The highest BCUT2D eigenvalue weighted by molar-refractivity contribution is 5.87. The summed E-state index contributed by atoms with van der Waals surface area (Å²) in [5.74, 6) is 10.9. The molecule has 29 nitrogen and oxygen atoms in total. The van der Waals surface area contributed by atoms with Crippen molar-refractivity contribution < 1.29 is 112 Å². The van der Waals surface area contributed by atoms with E-state index >= 15 is 0 Å². The number of piperazine rings is 1. The lowest BCUT2D eigenvalue weighted by Crippen LogP contribution is -2.50. The zero-order valence-electron chi connectivity index (χ0n) is 98.0. The highest BCUT2D eigenvalue weighted by atomic mass is 16.5. The van der Waals surface area contributed by atoms with Gasteiger partial charge in [-0.2, -0.15) is 0 Å². The minimum Gasteiger partial charge on any atom is -0.396 e. The summed E-state index contributed by atoms with van der Waals surface area (Å²) in [4.78, 5) is 168. The minimum atomic E-state index is -0.702. The van der Waals surface area contributed by atoms with Crippen LogP contribution in [0.1, 0.15) is 418 Å². The average molecular weight is 2080 g/mol. The number of carbonyl (C=O) groups is 14. The number of aliphatic hydroxyl groups excluding tert-OH is 4. The number of nitrogens with zero attached hydrogens (tertiary/aromatic N) is 5. The summed E-state index contributed by atoms with van der Waals surface area (Å²) in [6, 6.07) is 0. The summed E-state index contributed by atoms with van der Waals surface area (Å²) in [5, 5.41) is 46.5. The lowest BCUT2D eigenvalue weighted by Gasteiger charge is -2.32. The number of nitrogens with one attached hydrogen (secondary N) is 1. The van der Waals surface area contributed by atoms with Gasteiger partial charge in [-0.05, 0) is 128 Å². The number of likely N-dealkylation sites (N-methyl/N-ethyl adjacent to an activating group) is 1. The van der Waals surface area contributed by atoms with E-state index in [1.165, 1.54) is 64.2 Å². The number of ether oxygens (including phenoxy) is 4. The van der Waals surface area contributed by atoms with Gasteiger partial charge in [0.2, 0.25) is 36.1 Å². The third kappa shape index (κ3) is 106. The molecule has 0 radical (unpaired) electrons. The Morgan fingerprint density at radius 2 is 0.815 bits per heavy atom. The van der Waals surface area contributed by atoms with Crippen molar-refractivity contribution in [2.45, 2.75) is 430 Å². The molecule has 4 aliphatic heterocycles.